The van der Waals surface area contributed by atoms with Gasteiger partial charge in [-0.25, -0.2) is 0 Å². The van der Waals surface area contributed by atoms with Crippen LogP contribution in [0.25, 0.3) is 0 Å². The van der Waals surface area contributed by atoms with Crippen molar-refractivity contribution < 1.29 is 89.4 Å². The number of hydrogen-bond acceptors (Lipinski definition) is 18. The predicted molar refractivity (Wildman–Crippen MR) is 282 cm³/mol. The Morgan fingerprint density at radius 1 is 0.480 bits per heavy atom. The normalized spacial score (nSPS) is 31.3. The van der Waals surface area contributed by atoms with Gasteiger partial charge >= 0.3 is 0 Å². The average molecular weight is 1080 g/mol. The van der Waals surface area contributed by atoms with E-state index in [9.17, 15) is 61.0 Å². The Morgan fingerprint density at radius 3 is 1.36 bits per heavy atom. The lowest BCUT2D eigenvalue weighted by atomic mass is 9.96. The lowest BCUT2D eigenvalue weighted by molar-refractivity contribution is -0.379. The van der Waals surface area contributed by atoms with Crippen molar-refractivity contribution in [2.75, 3.05) is 26.4 Å². The van der Waals surface area contributed by atoms with Gasteiger partial charge in [0.05, 0.1) is 38.6 Å². The molecular weight excluding hydrogens is 975 g/mol. The Labute approximate surface area is 448 Å². The third-order valence-electron chi connectivity index (χ3n) is 14.8. The molecule has 3 fully saturated rings. The van der Waals surface area contributed by atoms with Gasteiger partial charge in [0.2, 0.25) is 5.91 Å². The summed E-state index contributed by atoms with van der Waals surface area (Å²) >= 11 is 0. The quantitative estimate of drug-likeness (QED) is 0.0298. The maximum absolute atomic E-state index is 13.1. The van der Waals surface area contributed by atoms with E-state index < -0.39 is 124 Å². The summed E-state index contributed by atoms with van der Waals surface area (Å²) in [5.41, 5.74) is 0. The summed E-state index contributed by atoms with van der Waals surface area (Å²) in [6.45, 7) is 1.58. The molecule has 0 bridgehead atoms. The molecule has 3 saturated heterocycles. The first-order chi connectivity index (χ1) is 36.3. The van der Waals surface area contributed by atoms with Gasteiger partial charge in [-0.2, -0.15) is 0 Å². The minimum Gasteiger partial charge on any atom is -0.394 e. The first-order valence-electron chi connectivity index (χ1n) is 29.1. The molecule has 12 N–H and O–H groups in total. The highest BCUT2D eigenvalue weighted by Gasteiger charge is 2.53. The Kier molecular flexibility index (Phi) is 36.4. The van der Waals surface area contributed by atoms with Gasteiger partial charge in [0, 0.05) is 6.42 Å². The van der Waals surface area contributed by atoms with Gasteiger partial charge in [-0.1, -0.05) is 167 Å². The van der Waals surface area contributed by atoms with Crippen molar-refractivity contribution in [3.05, 3.63) is 24.3 Å². The smallest absolute Gasteiger partial charge is 0.220 e. The highest BCUT2D eigenvalue weighted by atomic mass is 16.8. The molecular formula is C56H103NO18. The third-order valence-corrected chi connectivity index (χ3v) is 14.8. The maximum Gasteiger partial charge on any atom is 0.220 e. The number of aliphatic hydroxyl groups is 11. The zero-order valence-electron chi connectivity index (χ0n) is 45.5. The van der Waals surface area contributed by atoms with Crippen LogP contribution in [0.1, 0.15) is 194 Å². The first-order valence-corrected chi connectivity index (χ1v) is 29.1. The summed E-state index contributed by atoms with van der Waals surface area (Å²) in [5, 5.41) is 119. The van der Waals surface area contributed by atoms with Gasteiger partial charge in [0.15, 0.2) is 18.9 Å². The molecule has 0 saturated carbocycles. The van der Waals surface area contributed by atoms with Gasteiger partial charge in [-0.05, 0) is 44.9 Å². The van der Waals surface area contributed by atoms with E-state index in [-0.39, 0.29) is 18.9 Å². The second kappa shape index (κ2) is 40.4. The molecule has 3 aliphatic heterocycles. The number of amides is 1. The van der Waals surface area contributed by atoms with Gasteiger partial charge in [0.25, 0.3) is 0 Å². The van der Waals surface area contributed by atoms with Gasteiger partial charge < -0.3 is 89.9 Å². The largest absolute Gasteiger partial charge is 0.394 e. The summed E-state index contributed by atoms with van der Waals surface area (Å²) in [6.07, 6.45) is 14.1. The van der Waals surface area contributed by atoms with Gasteiger partial charge in [-0.15, -0.1) is 0 Å². The van der Waals surface area contributed by atoms with E-state index >= 15 is 0 Å². The molecule has 3 rings (SSSR count). The summed E-state index contributed by atoms with van der Waals surface area (Å²) in [4.78, 5) is 13.1. The lowest BCUT2D eigenvalue weighted by Gasteiger charge is -2.48. The number of ether oxygens (including phenoxy) is 6. The molecule has 0 aliphatic carbocycles. The Morgan fingerprint density at radius 2 is 0.880 bits per heavy atom. The number of carbonyl (C=O) groups excluding carboxylic acids is 1. The molecule has 1 amide bonds. The third kappa shape index (κ3) is 25.1. The van der Waals surface area contributed by atoms with Crippen molar-refractivity contribution in [3.63, 3.8) is 0 Å². The number of nitrogens with one attached hydrogen (secondary N) is 1. The monoisotopic (exact) mass is 1080 g/mol. The molecule has 3 aliphatic rings. The number of carbonyl (C=O) groups is 1. The standard InChI is InChI=1S/C56H103NO18/c1-3-5-7-8-9-10-11-12-13-14-15-16-17-18-19-20-21-22-23-24-25-26-27-28-29-30-32-34-44(62)57-39(40(61)33-31-6-4-2)38-70-54-50(68)47(65)52(42(36-59)72-54)75-56-51(69)48(66)53(43(37-60)73-56)74-55-49(67)46(64)45(63)41(35-58)71-55/h11-12,14-15,39-43,45-56,58-61,63-69H,3-10,13,16-38H2,1-2H3,(H,57,62)/b12-11-,15-14-. The SMILES string of the molecule is CCCCCCC/C=C\C/C=C\CCCCCCCCCCCCCCCCCC(=O)NC(COC1OC(CO)C(OC2OC(CO)C(OC3OC(CO)C(O)C(O)C3O)C(O)C2O)C(O)C1O)C(O)CCCCC. The fourth-order valence-corrected chi connectivity index (χ4v) is 9.93. The number of rotatable bonds is 42. The molecule has 0 aromatic heterocycles. The van der Waals surface area contributed by atoms with Crippen molar-refractivity contribution >= 4 is 5.91 Å². The van der Waals surface area contributed by atoms with Crippen LogP contribution >= 0.6 is 0 Å². The van der Waals surface area contributed by atoms with Crippen LogP contribution in [0, 0.1) is 0 Å². The number of aliphatic hydroxyl groups excluding tert-OH is 11. The molecule has 19 nitrogen and oxygen atoms in total. The molecule has 3 heterocycles. The fourth-order valence-electron chi connectivity index (χ4n) is 9.93. The van der Waals surface area contributed by atoms with E-state index in [0.717, 1.165) is 38.5 Å². The molecule has 19 heteroatoms. The number of allylic oxidation sites excluding steroid dienone is 4. The lowest BCUT2D eigenvalue weighted by Crippen LogP contribution is -2.66. The zero-order chi connectivity index (χ0) is 54.8. The van der Waals surface area contributed by atoms with Crippen molar-refractivity contribution in [2.24, 2.45) is 0 Å². The number of unbranched alkanes of at least 4 members (excludes halogenated alkanes) is 22. The van der Waals surface area contributed by atoms with Gasteiger partial charge in [0.1, 0.15) is 73.2 Å². The first kappa shape index (κ1) is 67.5. The zero-order valence-corrected chi connectivity index (χ0v) is 45.5. The fraction of sp³-hybridized carbons (Fsp3) is 0.911. The van der Waals surface area contributed by atoms with E-state index in [1.54, 1.807) is 0 Å². The number of hydrogen-bond donors (Lipinski definition) is 12. The molecule has 440 valence electrons. The highest BCUT2D eigenvalue weighted by molar-refractivity contribution is 5.76. The van der Waals surface area contributed by atoms with E-state index in [1.165, 1.54) is 116 Å². The second-order valence-electron chi connectivity index (χ2n) is 21.1. The predicted octanol–water partition coefficient (Wildman–Crippen LogP) is 4.37. The van der Waals surface area contributed by atoms with Crippen LogP contribution in [-0.4, -0.2) is 193 Å². The molecule has 0 spiro atoms. The summed E-state index contributed by atoms with van der Waals surface area (Å²) in [5.74, 6) is -0.255. The highest BCUT2D eigenvalue weighted by Crippen LogP contribution is 2.33. The van der Waals surface area contributed by atoms with Crippen molar-refractivity contribution in [1.29, 1.82) is 0 Å². The molecule has 75 heavy (non-hydrogen) atoms. The van der Waals surface area contributed by atoms with Crippen LogP contribution in [-0.2, 0) is 33.2 Å². The van der Waals surface area contributed by atoms with Crippen molar-refractivity contribution in [1.82, 2.24) is 5.32 Å². The van der Waals surface area contributed by atoms with Crippen LogP contribution in [0.2, 0.25) is 0 Å². The summed E-state index contributed by atoms with van der Waals surface area (Å²) in [7, 11) is 0. The second-order valence-corrected chi connectivity index (χ2v) is 21.1. The maximum atomic E-state index is 13.1. The molecule has 0 aromatic rings. The van der Waals surface area contributed by atoms with Crippen LogP contribution in [0.3, 0.4) is 0 Å². The Balaban J connectivity index is 1.32. The summed E-state index contributed by atoms with van der Waals surface area (Å²) < 4.78 is 34.0. The van der Waals surface area contributed by atoms with Gasteiger partial charge in [-0.3, -0.25) is 4.79 Å². The molecule has 0 radical (unpaired) electrons. The molecule has 17 atom stereocenters. The van der Waals surface area contributed by atoms with Crippen LogP contribution in [0.15, 0.2) is 24.3 Å². The van der Waals surface area contributed by atoms with E-state index in [0.29, 0.717) is 19.3 Å². The van der Waals surface area contributed by atoms with Crippen molar-refractivity contribution in [3.8, 4) is 0 Å². The average Bonchev–Trinajstić information content (AvgIpc) is 3.40. The topological polar surface area (TPSA) is 307 Å². The van der Waals surface area contributed by atoms with Crippen LogP contribution in [0.4, 0.5) is 0 Å². The summed E-state index contributed by atoms with van der Waals surface area (Å²) in [6, 6.07) is -0.880. The van der Waals surface area contributed by atoms with Crippen molar-refractivity contribution in [2.45, 2.75) is 298 Å². The van der Waals surface area contributed by atoms with E-state index in [1.807, 2.05) is 6.92 Å². The van der Waals surface area contributed by atoms with E-state index in [4.69, 9.17) is 28.4 Å². The minimum atomic E-state index is -1.97. The Bertz CT molecular complexity index is 1480. The molecule has 0 aromatic carbocycles. The molecule has 17 unspecified atom stereocenters. The Hall–Kier alpha value is -1.73. The van der Waals surface area contributed by atoms with E-state index in [2.05, 4.69) is 36.5 Å². The van der Waals surface area contributed by atoms with Crippen LogP contribution in [0.5, 0.6) is 0 Å². The minimum absolute atomic E-state index is 0.255. The van der Waals surface area contributed by atoms with Crippen LogP contribution < -0.4 is 5.32 Å².